The van der Waals surface area contributed by atoms with Crippen LogP contribution in [0.3, 0.4) is 0 Å². The Labute approximate surface area is 60.7 Å². The molecule has 10 heavy (non-hydrogen) atoms. The van der Waals surface area contributed by atoms with E-state index in [1.54, 1.807) is 0 Å². The molecule has 0 aliphatic carbocycles. The minimum Gasteiger partial charge on any atom is -0.267 e. The molecule has 0 aliphatic rings. The van der Waals surface area contributed by atoms with Crippen molar-refractivity contribution in [3.8, 4) is 12.3 Å². The highest BCUT2D eigenvalue weighted by Gasteiger charge is 2.11. The van der Waals surface area contributed by atoms with Gasteiger partial charge in [-0.05, 0) is 26.7 Å². The average Bonchev–Trinajstić information content (AvgIpc) is 1.81. The first kappa shape index (κ1) is 8.99. The van der Waals surface area contributed by atoms with E-state index in [4.69, 9.17) is 11.3 Å². The molecule has 0 aliphatic heterocycles. The highest BCUT2D eigenvalue weighted by molar-refractivity contribution is 5.91. The molecule has 1 N–H and O–H groups in total. The number of terminal acetylenes is 1. The van der Waals surface area contributed by atoms with Crippen LogP contribution in [-0.2, 0) is 9.63 Å². The molecule has 0 fully saturated rings. The molecule has 0 aromatic heterocycles. The molecule has 56 valence electrons. The van der Waals surface area contributed by atoms with Crippen molar-refractivity contribution in [3.05, 3.63) is 0 Å². The zero-order valence-corrected chi connectivity index (χ0v) is 6.39. The molecule has 0 aromatic carbocycles. The maximum absolute atomic E-state index is 10.4. The van der Waals surface area contributed by atoms with Crippen molar-refractivity contribution in [1.82, 2.24) is 5.48 Å². The smallest absolute Gasteiger partial charge is 0.267 e. The fraction of sp³-hybridized carbons (Fsp3) is 0.571. The van der Waals surface area contributed by atoms with E-state index in [1.165, 1.54) is 0 Å². The quantitative estimate of drug-likeness (QED) is 0.425. The van der Waals surface area contributed by atoms with Gasteiger partial charge in [0, 0.05) is 0 Å². The first-order valence-electron chi connectivity index (χ1n) is 2.90. The number of carbonyl (C=O) groups excluding carboxylic acids is 1. The van der Waals surface area contributed by atoms with Crippen molar-refractivity contribution in [3.63, 3.8) is 0 Å². The zero-order valence-electron chi connectivity index (χ0n) is 6.39. The summed E-state index contributed by atoms with van der Waals surface area (Å²) in [6, 6.07) is 0. The van der Waals surface area contributed by atoms with Gasteiger partial charge in [-0.15, -0.1) is 6.42 Å². The molecule has 3 nitrogen and oxygen atoms in total. The van der Waals surface area contributed by atoms with Gasteiger partial charge >= 0.3 is 5.91 Å². The summed E-state index contributed by atoms with van der Waals surface area (Å²) in [5.41, 5.74) is 1.70. The Morgan fingerprint density at radius 3 is 2.40 bits per heavy atom. The van der Waals surface area contributed by atoms with Crippen LogP contribution in [-0.4, -0.2) is 11.5 Å². The molecule has 1 amide bonds. The molecule has 0 saturated carbocycles. The maximum Gasteiger partial charge on any atom is 0.319 e. The first-order valence-corrected chi connectivity index (χ1v) is 2.90. The van der Waals surface area contributed by atoms with Crippen LogP contribution in [0.15, 0.2) is 0 Å². The van der Waals surface area contributed by atoms with Crippen LogP contribution >= 0.6 is 0 Å². The minimum absolute atomic E-state index is 0.396. The molecule has 0 atom stereocenters. The summed E-state index contributed by atoms with van der Waals surface area (Å²) in [7, 11) is 0. The van der Waals surface area contributed by atoms with Crippen LogP contribution in [0.1, 0.15) is 20.8 Å². The number of carbonyl (C=O) groups is 1. The second-order valence-corrected chi connectivity index (χ2v) is 2.79. The Kier molecular flexibility index (Phi) is 2.91. The van der Waals surface area contributed by atoms with Gasteiger partial charge in [-0.25, -0.2) is 5.48 Å². The van der Waals surface area contributed by atoms with E-state index < -0.39 is 11.5 Å². The van der Waals surface area contributed by atoms with E-state index in [0.717, 1.165) is 0 Å². The van der Waals surface area contributed by atoms with Crippen LogP contribution in [0.5, 0.6) is 0 Å². The van der Waals surface area contributed by atoms with E-state index in [-0.39, 0.29) is 0 Å². The summed E-state index contributed by atoms with van der Waals surface area (Å²) < 4.78 is 0. The molecule has 0 bridgehead atoms. The minimum atomic E-state index is -0.560. The fourth-order valence-electron chi connectivity index (χ4n) is 0.229. The summed E-state index contributed by atoms with van der Waals surface area (Å²) in [5.74, 6) is 1.30. The molecule has 0 radical (unpaired) electrons. The van der Waals surface area contributed by atoms with Crippen molar-refractivity contribution in [2.45, 2.75) is 26.4 Å². The molecule has 3 heteroatoms. The van der Waals surface area contributed by atoms with Gasteiger partial charge < -0.3 is 0 Å². The molecular weight excluding hydrogens is 130 g/mol. The van der Waals surface area contributed by atoms with E-state index in [9.17, 15) is 4.79 Å². The summed E-state index contributed by atoms with van der Waals surface area (Å²) in [6.07, 6.45) is 4.76. The van der Waals surface area contributed by atoms with Gasteiger partial charge in [-0.3, -0.25) is 9.63 Å². The predicted octanol–water partition coefficient (Wildman–Crippen LogP) is 0.466. The lowest BCUT2D eigenvalue weighted by Gasteiger charge is -2.17. The van der Waals surface area contributed by atoms with Crippen molar-refractivity contribution >= 4 is 5.91 Å². The molecule has 0 aromatic rings. The van der Waals surface area contributed by atoms with Gasteiger partial charge in [-0.2, -0.15) is 0 Å². The van der Waals surface area contributed by atoms with Gasteiger partial charge in [0.25, 0.3) is 0 Å². The van der Waals surface area contributed by atoms with Gasteiger partial charge in [0.15, 0.2) is 0 Å². The van der Waals surface area contributed by atoms with E-state index >= 15 is 0 Å². The topological polar surface area (TPSA) is 38.3 Å². The monoisotopic (exact) mass is 141 g/mol. The predicted molar refractivity (Wildman–Crippen MR) is 37.8 cm³/mol. The standard InChI is InChI=1S/C7H11NO2/c1-5-6(9)8-10-7(2,3)4/h1H,2-4H3,(H,8,9). The maximum atomic E-state index is 10.4. The third kappa shape index (κ3) is 5.13. The Bertz CT molecular complexity index is 161. The molecule has 0 saturated heterocycles. The number of hydrogen-bond acceptors (Lipinski definition) is 2. The van der Waals surface area contributed by atoms with Crippen molar-refractivity contribution < 1.29 is 9.63 Å². The number of hydroxylamine groups is 1. The first-order chi connectivity index (χ1) is 4.45. The van der Waals surface area contributed by atoms with Gasteiger partial charge in [0.1, 0.15) is 0 Å². The van der Waals surface area contributed by atoms with Crippen LogP contribution in [0.4, 0.5) is 0 Å². The normalized spacial score (nSPS) is 10.2. The van der Waals surface area contributed by atoms with Crippen LogP contribution in [0.25, 0.3) is 0 Å². The van der Waals surface area contributed by atoms with Gasteiger partial charge in [0.2, 0.25) is 0 Å². The Balaban J connectivity index is 3.58. The summed E-state index contributed by atoms with van der Waals surface area (Å²) in [4.78, 5) is 15.2. The van der Waals surface area contributed by atoms with Crippen LogP contribution in [0.2, 0.25) is 0 Å². The lowest BCUT2D eigenvalue weighted by Crippen LogP contribution is -2.32. The van der Waals surface area contributed by atoms with E-state index in [2.05, 4.69) is 5.48 Å². The van der Waals surface area contributed by atoms with Gasteiger partial charge in [-0.1, -0.05) is 0 Å². The van der Waals surface area contributed by atoms with Crippen LogP contribution in [0, 0.1) is 12.3 Å². The van der Waals surface area contributed by atoms with Gasteiger partial charge in [0.05, 0.1) is 5.60 Å². The largest absolute Gasteiger partial charge is 0.319 e. The Morgan fingerprint density at radius 2 is 2.10 bits per heavy atom. The number of rotatable bonds is 1. The Morgan fingerprint density at radius 1 is 1.60 bits per heavy atom. The lowest BCUT2D eigenvalue weighted by atomic mass is 10.2. The molecular formula is C7H11NO2. The second kappa shape index (κ2) is 3.23. The summed E-state index contributed by atoms with van der Waals surface area (Å²) in [6.45, 7) is 5.43. The van der Waals surface area contributed by atoms with Crippen LogP contribution < -0.4 is 5.48 Å². The fourth-order valence-corrected chi connectivity index (χ4v) is 0.229. The average molecular weight is 141 g/mol. The third-order valence-corrected chi connectivity index (χ3v) is 0.581. The number of nitrogens with one attached hydrogen (secondary N) is 1. The number of amides is 1. The Hall–Kier alpha value is -1.01. The highest BCUT2D eigenvalue weighted by Crippen LogP contribution is 2.02. The third-order valence-electron chi connectivity index (χ3n) is 0.581. The summed E-state index contributed by atoms with van der Waals surface area (Å²) >= 11 is 0. The SMILES string of the molecule is C#CC(=O)NOC(C)(C)C. The molecule has 0 heterocycles. The van der Waals surface area contributed by atoms with Crippen molar-refractivity contribution in [1.29, 1.82) is 0 Å². The molecule has 0 spiro atoms. The zero-order chi connectivity index (χ0) is 8.20. The highest BCUT2D eigenvalue weighted by atomic mass is 16.7. The van der Waals surface area contributed by atoms with E-state index in [1.807, 2.05) is 26.7 Å². The second-order valence-electron chi connectivity index (χ2n) is 2.79. The molecule has 0 unspecified atom stereocenters. The van der Waals surface area contributed by atoms with Crippen molar-refractivity contribution in [2.75, 3.05) is 0 Å². The number of hydrogen-bond donors (Lipinski definition) is 1. The lowest BCUT2D eigenvalue weighted by molar-refractivity contribution is -0.139. The molecule has 0 rings (SSSR count). The van der Waals surface area contributed by atoms with Crippen molar-refractivity contribution in [2.24, 2.45) is 0 Å². The van der Waals surface area contributed by atoms with E-state index in [0.29, 0.717) is 0 Å². The summed E-state index contributed by atoms with van der Waals surface area (Å²) in [5, 5.41) is 0.